The number of hydrogen-bond acceptors (Lipinski definition) is 25. The van der Waals surface area contributed by atoms with Crippen LogP contribution in [0.2, 0.25) is 0 Å². The molecule has 0 spiro atoms. The quantitative estimate of drug-likeness (QED) is 0.0821. The number of aromatic nitrogens is 21. The molecule has 0 saturated carbocycles. The lowest BCUT2D eigenvalue weighted by atomic mass is 10.3. The van der Waals surface area contributed by atoms with Crippen LogP contribution in [0.25, 0.3) is 21.1 Å². The number of thiazole rings is 1. The van der Waals surface area contributed by atoms with Crippen molar-refractivity contribution in [1.82, 2.24) is 105 Å². The van der Waals surface area contributed by atoms with Crippen LogP contribution >= 0.6 is 45.5 Å². The van der Waals surface area contributed by atoms with Crippen LogP contribution in [0.15, 0.2) is 364 Å². The highest BCUT2D eigenvalue weighted by molar-refractivity contribution is 7.16. The molecule has 123 heavy (non-hydrogen) atoms. The minimum Gasteiger partial charge on any atom is -0.473 e. The Morgan fingerprint density at radius 3 is 1.11 bits per heavy atom. The van der Waals surface area contributed by atoms with E-state index in [2.05, 4.69) is 153 Å². The van der Waals surface area contributed by atoms with E-state index in [4.69, 9.17) is 0 Å². The first-order valence-electron chi connectivity index (χ1n) is 42.2. The van der Waals surface area contributed by atoms with E-state index in [-0.39, 0.29) is 0 Å². The molecule has 16 aromatic heterocycles. The van der Waals surface area contributed by atoms with E-state index < -0.39 is 0 Å². The molecular formula is C92H159N25O2S4. The summed E-state index contributed by atoms with van der Waals surface area (Å²) in [6, 6.07) is 40.5. The zero-order valence-electron chi connectivity index (χ0n) is 80.4. The van der Waals surface area contributed by atoms with Gasteiger partial charge in [-0.15, -0.1) is 32.9 Å². The minimum absolute atomic E-state index is 0.417. The van der Waals surface area contributed by atoms with Gasteiger partial charge in [-0.2, -0.15) is 36.8 Å². The van der Waals surface area contributed by atoms with Crippen molar-refractivity contribution in [2.45, 2.75) is 222 Å². The van der Waals surface area contributed by atoms with Gasteiger partial charge in [0, 0.05) is 139 Å². The maximum Gasteiger partial charge on any atom is 0.175 e. The lowest BCUT2D eigenvalue weighted by Crippen LogP contribution is -1.69. The standard InChI is InChI=1S/C8H7N.C5H4N2S.C5H5N.3C4H4N2.C4H5N.C4H4O.C4H4S.2C3H4N2.C3H3NO.2C3H3NS.C2H3N3.16C2H6.CH2N4/c1-2-4-8-7(3-1)5-6-9-8;1-2-8-5-4(1)3-6-7-5;1-2-4-6-5-3-1;1-2-6-4-3-5-1;1-2-5-4-6-3-1;1-2-4-6-5-3-1;3*1-2-4-5-3-1;1-2-5-3-4-1;2*1-2-4-5-3-1;1-2-5-3-4-1;1-2-4-5-3-1;1-3-2-5-4-1;16*1-2;1-2-4-5-3-1/h1-6,9H;1-3H,(H,6,7);1-5H;3*1-4H;1-5H;2*1-4H;2*1-3H,(H,4,5);3*1-3H;1-2H,(H,3,4,5);16*1-2H3;1H2. The lowest BCUT2D eigenvalue weighted by Gasteiger charge is -1.83. The number of H-pyrrole nitrogens is 6. The highest BCUT2D eigenvalue weighted by Gasteiger charge is 1.91. The number of hydrogen-bond donors (Lipinski definition) is 6. The number of para-hydroxylation sites is 1. The second kappa shape index (κ2) is 173. The Bertz CT molecular complexity index is 2980. The highest BCUT2D eigenvalue weighted by atomic mass is 32.1. The predicted octanol–water partition coefficient (Wildman–Crippen LogP) is 31.1. The molecule has 0 fully saturated rings. The zero-order valence-corrected chi connectivity index (χ0v) is 83.7. The number of benzene rings is 1. The Kier molecular flexibility index (Phi) is 200. The maximum absolute atomic E-state index is 4.58. The normalized spacial score (nSPS) is 7.41. The summed E-state index contributed by atoms with van der Waals surface area (Å²) in [5.74, 6) is 0. The van der Waals surface area contributed by atoms with Crippen molar-refractivity contribution in [3.05, 3.63) is 334 Å². The number of pyridine rings is 1. The molecule has 0 amide bonds. The number of nitrogens with one attached hydrogen (secondary N) is 6. The summed E-state index contributed by atoms with van der Waals surface area (Å²) in [4.78, 5) is 39.4. The first-order valence-corrected chi connectivity index (χ1v) is 45.8. The molecule has 0 unspecified atom stereocenters. The molecule has 0 bridgehead atoms. The number of fused-ring (bicyclic) bond motifs is 2. The van der Waals surface area contributed by atoms with Crippen molar-refractivity contribution in [1.29, 1.82) is 0 Å². The smallest absolute Gasteiger partial charge is 0.175 e. The molecule has 1 aromatic carbocycles. The molecular weight excluding hydrogens is 1620 g/mol. The van der Waals surface area contributed by atoms with Gasteiger partial charge in [-0.1, -0.05) is 263 Å². The van der Waals surface area contributed by atoms with E-state index in [1.165, 1.54) is 53.1 Å². The molecule has 18 rings (SSSR count). The van der Waals surface area contributed by atoms with Crippen LogP contribution in [-0.2, 0) is 0 Å². The van der Waals surface area contributed by atoms with Gasteiger partial charge in [0.1, 0.15) is 30.1 Å². The van der Waals surface area contributed by atoms with E-state index in [0.717, 1.165) is 4.83 Å². The summed E-state index contributed by atoms with van der Waals surface area (Å²) in [5.41, 5.74) is 3.00. The largest absolute Gasteiger partial charge is 0.473 e. The van der Waals surface area contributed by atoms with Crippen LogP contribution in [0.5, 0.6) is 0 Å². The monoisotopic (exact) mass is 1770 g/mol. The molecule has 31 heteroatoms. The third kappa shape index (κ3) is 142. The fourth-order valence-electron chi connectivity index (χ4n) is 4.74. The number of thiophene rings is 2. The van der Waals surface area contributed by atoms with Gasteiger partial charge in [0.05, 0.1) is 36.8 Å². The Hall–Kier alpha value is -12.2. The SMILES string of the molecule is C1N=NN=N1.CC.CC.CC.CC.CC.CC.CC.CC.CC.CC.CC.CC.CC.CC.CC.CC.c1c[nH]cn1.c1cc2cn[nH]c2s1.c1cc[nH]c1.c1ccc2[nH]ccc2c1.c1ccncc1.c1ccnnc1.c1ccoc1.c1ccsc1.c1cn[nH]c1.c1cnccn1.c1cncnc1.c1cnoc1.c1cnsc1.c1cscn1.c1nc[nH]n1. The van der Waals surface area contributed by atoms with Gasteiger partial charge < -0.3 is 23.9 Å². The second-order valence-corrected chi connectivity index (χ2v) is 17.9. The predicted molar refractivity (Wildman–Crippen MR) is 537 cm³/mol. The van der Waals surface area contributed by atoms with E-state index in [1.807, 2.05) is 370 Å². The summed E-state index contributed by atoms with van der Waals surface area (Å²) in [7, 11) is 0. The molecule has 1 aliphatic heterocycles. The van der Waals surface area contributed by atoms with E-state index in [9.17, 15) is 0 Å². The molecule has 0 atom stereocenters. The minimum atomic E-state index is 0.417. The van der Waals surface area contributed by atoms with Crippen molar-refractivity contribution in [3.8, 4) is 0 Å². The van der Waals surface area contributed by atoms with Crippen molar-refractivity contribution < 1.29 is 8.94 Å². The molecule has 0 aliphatic carbocycles. The van der Waals surface area contributed by atoms with Gasteiger partial charge in [0.25, 0.3) is 0 Å². The fraction of sp³-hybridized carbons (Fsp3) is 0.359. The molecule has 0 saturated heterocycles. The Morgan fingerprint density at radius 2 is 0.870 bits per heavy atom. The topological polar surface area (TPSA) is 364 Å². The molecule has 0 radical (unpaired) electrons. The van der Waals surface area contributed by atoms with Crippen LogP contribution in [0.1, 0.15) is 222 Å². The third-order valence-electron chi connectivity index (χ3n) is 8.36. The Morgan fingerprint density at radius 1 is 0.317 bits per heavy atom. The van der Waals surface area contributed by atoms with Crippen molar-refractivity contribution in [2.75, 3.05) is 6.67 Å². The van der Waals surface area contributed by atoms with Gasteiger partial charge >= 0.3 is 0 Å². The fourth-order valence-corrected chi connectivity index (χ4v) is 6.61. The summed E-state index contributed by atoms with van der Waals surface area (Å²) in [5, 5.41) is 54.9. The van der Waals surface area contributed by atoms with Gasteiger partial charge in [0.2, 0.25) is 0 Å². The maximum atomic E-state index is 4.58. The third-order valence-corrected chi connectivity index (χ3v) is 10.9. The van der Waals surface area contributed by atoms with Crippen molar-refractivity contribution in [2.24, 2.45) is 20.7 Å². The number of rotatable bonds is 0. The first kappa shape index (κ1) is 143. The molecule has 688 valence electrons. The molecule has 27 nitrogen and oxygen atoms in total. The highest BCUT2D eigenvalue weighted by Crippen LogP contribution is 2.15. The summed E-state index contributed by atoms with van der Waals surface area (Å²) in [6.07, 6.45) is 47.1. The lowest BCUT2D eigenvalue weighted by molar-refractivity contribution is 0.420. The Balaban J connectivity index is -0.0000000842. The van der Waals surface area contributed by atoms with Gasteiger partial charge in [-0.05, 0) is 135 Å². The Labute approximate surface area is 758 Å². The number of furan rings is 1. The summed E-state index contributed by atoms with van der Waals surface area (Å²) >= 11 is 6.45. The van der Waals surface area contributed by atoms with Crippen LogP contribution in [0.4, 0.5) is 0 Å². The number of nitrogens with zero attached hydrogens (tertiary/aromatic N) is 19. The average molecular weight is 1780 g/mol. The molecule has 17 aromatic rings. The van der Waals surface area contributed by atoms with Gasteiger partial charge in [0.15, 0.2) is 6.67 Å². The van der Waals surface area contributed by atoms with Crippen LogP contribution in [0, 0.1) is 0 Å². The van der Waals surface area contributed by atoms with Crippen LogP contribution in [-0.4, -0.2) is 112 Å². The first-order chi connectivity index (χ1) is 61.4. The van der Waals surface area contributed by atoms with E-state index in [1.54, 1.807) is 176 Å². The summed E-state index contributed by atoms with van der Waals surface area (Å²) < 4.78 is 12.7. The van der Waals surface area contributed by atoms with Crippen molar-refractivity contribution >= 4 is 66.7 Å². The molecule has 6 N–H and O–H groups in total. The van der Waals surface area contributed by atoms with Gasteiger partial charge in [-0.25, -0.2) is 24.3 Å². The van der Waals surface area contributed by atoms with Crippen molar-refractivity contribution in [3.63, 3.8) is 0 Å². The zero-order chi connectivity index (χ0) is 95.8. The van der Waals surface area contributed by atoms with Crippen LogP contribution in [0.3, 0.4) is 0 Å². The second-order valence-electron chi connectivity index (χ2n) is 14.7. The van der Waals surface area contributed by atoms with Crippen LogP contribution < -0.4 is 0 Å². The van der Waals surface area contributed by atoms with E-state index >= 15 is 0 Å². The number of aromatic amines is 6. The average Bonchev–Trinajstić information content (AvgIpc) is 1.74. The van der Waals surface area contributed by atoms with E-state index in [0.29, 0.717) is 6.67 Å². The molecule has 1 aliphatic rings. The molecule has 17 heterocycles. The summed E-state index contributed by atoms with van der Waals surface area (Å²) in [6.45, 7) is 64.4. The number of imidazole rings is 1. The van der Waals surface area contributed by atoms with Gasteiger partial charge in [-0.3, -0.25) is 35.2 Å².